The van der Waals surface area contributed by atoms with E-state index in [0.717, 1.165) is 12.1 Å². The Bertz CT molecular complexity index is 771. The monoisotopic (exact) mass is 279 g/mol. The summed E-state index contributed by atoms with van der Waals surface area (Å²) < 4.78 is 40.1. The molecule has 8 heteroatoms. The van der Waals surface area contributed by atoms with Gasteiger partial charge in [0.05, 0.1) is 6.33 Å². The molecular formula is C12H8F3N5. The van der Waals surface area contributed by atoms with Crippen molar-refractivity contribution in [2.24, 2.45) is 0 Å². The minimum absolute atomic E-state index is 0.249. The number of aromatic amines is 1. The molecule has 102 valence electrons. The Hall–Kier alpha value is -2.64. The van der Waals surface area contributed by atoms with E-state index in [1.54, 1.807) is 0 Å². The van der Waals surface area contributed by atoms with E-state index >= 15 is 0 Å². The molecule has 0 aliphatic carbocycles. The number of benzene rings is 1. The molecule has 0 atom stereocenters. The van der Waals surface area contributed by atoms with E-state index in [1.165, 1.54) is 12.7 Å². The van der Waals surface area contributed by atoms with Crippen LogP contribution in [0.5, 0.6) is 0 Å². The first-order valence-electron chi connectivity index (χ1n) is 5.67. The van der Waals surface area contributed by atoms with Crippen LogP contribution in [-0.2, 0) is 6.54 Å². The molecule has 2 heterocycles. The van der Waals surface area contributed by atoms with Gasteiger partial charge >= 0.3 is 0 Å². The van der Waals surface area contributed by atoms with Crippen LogP contribution in [0.25, 0.3) is 11.2 Å². The van der Waals surface area contributed by atoms with Crippen LogP contribution in [-0.4, -0.2) is 19.9 Å². The summed E-state index contributed by atoms with van der Waals surface area (Å²) in [7, 11) is 0. The van der Waals surface area contributed by atoms with Crippen LogP contribution < -0.4 is 5.32 Å². The molecule has 0 fully saturated rings. The summed E-state index contributed by atoms with van der Waals surface area (Å²) in [6.07, 6.45) is 2.69. The Balaban J connectivity index is 1.90. The molecule has 0 spiro atoms. The van der Waals surface area contributed by atoms with Gasteiger partial charge in [0.15, 0.2) is 23.1 Å². The van der Waals surface area contributed by atoms with Gasteiger partial charge in [-0.05, 0) is 12.1 Å². The minimum Gasteiger partial charge on any atom is -0.364 e. The highest BCUT2D eigenvalue weighted by Crippen LogP contribution is 2.19. The highest BCUT2D eigenvalue weighted by atomic mass is 19.2. The number of nitrogens with zero attached hydrogens (tertiary/aromatic N) is 3. The molecule has 5 nitrogen and oxygen atoms in total. The molecule has 0 saturated heterocycles. The summed E-state index contributed by atoms with van der Waals surface area (Å²) >= 11 is 0. The van der Waals surface area contributed by atoms with E-state index in [9.17, 15) is 13.2 Å². The highest BCUT2D eigenvalue weighted by molar-refractivity contribution is 5.81. The molecule has 0 radical (unpaired) electrons. The molecule has 3 aromatic rings. The Morgan fingerprint density at radius 2 is 1.85 bits per heavy atom. The van der Waals surface area contributed by atoms with Gasteiger partial charge in [-0.1, -0.05) is 0 Å². The van der Waals surface area contributed by atoms with Crippen molar-refractivity contribution in [3.8, 4) is 0 Å². The van der Waals surface area contributed by atoms with Crippen molar-refractivity contribution in [1.29, 1.82) is 0 Å². The Labute approximate surface area is 110 Å². The van der Waals surface area contributed by atoms with Crippen LogP contribution in [0, 0.1) is 17.5 Å². The van der Waals surface area contributed by atoms with Gasteiger partial charge in [-0.2, -0.15) is 0 Å². The van der Waals surface area contributed by atoms with E-state index in [2.05, 4.69) is 25.3 Å². The first-order valence-corrected chi connectivity index (χ1v) is 5.67. The summed E-state index contributed by atoms with van der Waals surface area (Å²) in [5, 5.41) is 2.73. The van der Waals surface area contributed by atoms with Gasteiger partial charge in [0.25, 0.3) is 0 Å². The lowest BCUT2D eigenvalue weighted by Gasteiger charge is -2.08. The molecular weight excluding hydrogens is 271 g/mol. The molecule has 0 aliphatic rings. The van der Waals surface area contributed by atoms with Crippen molar-refractivity contribution in [2.45, 2.75) is 6.54 Å². The number of H-pyrrole nitrogens is 1. The lowest BCUT2D eigenvalue weighted by atomic mass is 10.2. The number of hydrogen-bond donors (Lipinski definition) is 2. The molecule has 3 rings (SSSR count). The van der Waals surface area contributed by atoms with Crippen molar-refractivity contribution < 1.29 is 13.2 Å². The van der Waals surface area contributed by atoms with Crippen LogP contribution in [0.3, 0.4) is 0 Å². The Kier molecular flexibility index (Phi) is 2.97. The van der Waals surface area contributed by atoms with Crippen LogP contribution >= 0.6 is 0 Å². The quantitative estimate of drug-likeness (QED) is 0.722. The van der Waals surface area contributed by atoms with Gasteiger partial charge in [-0.25, -0.2) is 28.1 Å². The highest BCUT2D eigenvalue weighted by Gasteiger charge is 2.14. The maximum atomic E-state index is 13.5. The van der Waals surface area contributed by atoms with E-state index in [1.807, 2.05) is 0 Å². The average Bonchev–Trinajstić information content (AvgIpc) is 2.92. The smallest absolute Gasteiger partial charge is 0.182 e. The fraction of sp³-hybridized carbons (Fsp3) is 0.0833. The number of rotatable bonds is 3. The van der Waals surface area contributed by atoms with E-state index in [0.29, 0.717) is 17.0 Å². The molecule has 0 saturated carbocycles. The molecule has 0 bridgehead atoms. The largest absolute Gasteiger partial charge is 0.364 e. The fourth-order valence-corrected chi connectivity index (χ4v) is 1.80. The first kappa shape index (κ1) is 12.4. The van der Waals surface area contributed by atoms with Gasteiger partial charge in [0.1, 0.15) is 17.7 Å². The predicted octanol–water partition coefficient (Wildman–Crippen LogP) is 2.38. The molecule has 20 heavy (non-hydrogen) atoms. The second kappa shape index (κ2) is 4.80. The minimum atomic E-state index is -1.22. The maximum absolute atomic E-state index is 13.5. The zero-order valence-electron chi connectivity index (χ0n) is 9.99. The Morgan fingerprint density at radius 3 is 2.70 bits per heavy atom. The first-order chi connectivity index (χ1) is 9.66. The van der Waals surface area contributed by atoms with Crippen molar-refractivity contribution in [2.75, 3.05) is 5.32 Å². The third-order valence-corrected chi connectivity index (χ3v) is 2.79. The maximum Gasteiger partial charge on any atom is 0.182 e. The summed E-state index contributed by atoms with van der Waals surface area (Å²) in [5.74, 6) is -2.81. The molecule has 0 aliphatic heterocycles. The zero-order valence-corrected chi connectivity index (χ0v) is 9.99. The number of nitrogens with one attached hydrogen (secondary N) is 2. The predicted molar refractivity (Wildman–Crippen MR) is 65.3 cm³/mol. The molecule has 0 unspecified atom stereocenters. The van der Waals surface area contributed by atoms with E-state index in [-0.39, 0.29) is 6.54 Å². The lowest BCUT2D eigenvalue weighted by molar-refractivity contribution is 0.481. The van der Waals surface area contributed by atoms with Gasteiger partial charge in [0.2, 0.25) is 0 Å². The SMILES string of the molecule is Fc1ccc(F)c(CNc2ncnc3nc[nH]c23)c1F. The van der Waals surface area contributed by atoms with Crippen LogP contribution in [0.2, 0.25) is 0 Å². The van der Waals surface area contributed by atoms with E-state index in [4.69, 9.17) is 0 Å². The van der Waals surface area contributed by atoms with Gasteiger partial charge < -0.3 is 10.3 Å². The third-order valence-electron chi connectivity index (χ3n) is 2.79. The number of fused-ring (bicyclic) bond motifs is 1. The molecule has 0 amide bonds. The number of imidazole rings is 1. The van der Waals surface area contributed by atoms with Crippen molar-refractivity contribution >= 4 is 17.0 Å². The van der Waals surface area contributed by atoms with Crippen LogP contribution in [0.1, 0.15) is 5.56 Å². The number of anilines is 1. The fourth-order valence-electron chi connectivity index (χ4n) is 1.80. The number of halogens is 3. The zero-order chi connectivity index (χ0) is 14.1. The summed E-state index contributed by atoms with van der Waals surface area (Å²) in [6, 6.07) is 1.62. The van der Waals surface area contributed by atoms with E-state index < -0.39 is 23.0 Å². The van der Waals surface area contributed by atoms with Crippen molar-refractivity contribution in [3.63, 3.8) is 0 Å². The third kappa shape index (κ3) is 2.04. The topological polar surface area (TPSA) is 66.5 Å². The van der Waals surface area contributed by atoms with Gasteiger partial charge in [-0.15, -0.1) is 0 Å². The second-order valence-corrected chi connectivity index (χ2v) is 4.00. The molecule has 2 aromatic heterocycles. The van der Waals surface area contributed by atoms with Crippen molar-refractivity contribution in [1.82, 2.24) is 19.9 Å². The van der Waals surface area contributed by atoms with Crippen LogP contribution in [0.15, 0.2) is 24.8 Å². The summed E-state index contributed by atoms with van der Waals surface area (Å²) in [5.41, 5.74) is 0.531. The van der Waals surface area contributed by atoms with Crippen LogP contribution in [0.4, 0.5) is 19.0 Å². The summed E-state index contributed by atoms with van der Waals surface area (Å²) in [6.45, 7) is -0.249. The number of aromatic nitrogens is 4. The second-order valence-electron chi connectivity index (χ2n) is 4.00. The molecule has 2 N–H and O–H groups in total. The van der Waals surface area contributed by atoms with Crippen molar-refractivity contribution in [3.05, 3.63) is 47.8 Å². The average molecular weight is 279 g/mol. The Morgan fingerprint density at radius 1 is 1.05 bits per heavy atom. The standard InChI is InChI=1S/C12H8F3N5/c13-7-1-2-8(14)9(15)6(7)3-16-11-10-12(18-4-17-10)20-5-19-11/h1-2,4-5H,3H2,(H2,16,17,18,19,20). The van der Waals surface area contributed by atoms with Gasteiger partial charge in [0, 0.05) is 12.1 Å². The number of hydrogen-bond acceptors (Lipinski definition) is 4. The molecule has 1 aromatic carbocycles. The normalized spacial score (nSPS) is 10.9. The lowest BCUT2D eigenvalue weighted by Crippen LogP contribution is -2.08. The summed E-state index contributed by atoms with van der Waals surface area (Å²) in [4.78, 5) is 14.6. The van der Waals surface area contributed by atoms with Gasteiger partial charge in [-0.3, -0.25) is 0 Å².